The molecular weight excluding hydrogens is 374 g/mol. The van der Waals surface area contributed by atoms with Gasteiger partial charge in [-0.15, -0.1) is 0 Å². The van der Waals surface area contributed by atoms with Crippen LogP contribution in [0.1, 0.15) is 48.9 Å². The highest BCUT2D eigenvalue weighted by atomic mass is 32.2. The summed E-state index contributed by atoms with van der Waals surface area (Å²) in [6, 6.07) is 3.90. The van der Waals surface area contributed by atoms with Crippen LogP contribution >= 0.6 is 12.0 Å². The predicted molar refractivity (Wildman–Crippen MR) is 92.0 cm³/mol. The van der Waals surface area contributed by atoms with Gasteiger partial charge in [0.05, 0.1) is 29.1 Å². The first-order valence-electron chi connectivity index (χ1n) is 9.07. The number of nitro groups is 1. The zero-order chi connectivity index (χ0) is 19.0. The summed E-state index contributed by atoms with van der Waals surface area (Å²) in [7, 11) is 0. The third kappa shape index (κ3) is 3.82. The largest absolute Gasteiger partial charge is 0.691 e. The van der Waals surface area contributed by atoms with Crippen LogP contribution in [-0.2, 0) is 14.1 Å². The molecule has 0 atom stereocenters. The second-order valence-corrected chi connectivity index (χ2v) is 8.90. The van der Waals surface area contributed by atoms with Crippen LogP contribution in [0.3, 0.4) is 0 Å². The van der Waals surface area contributed by atoms with Crippen molar-refractivity contribution < 1.29 is 29.1 Å². The lowest BCUT2D eigenvalue weighted by molar-refractivity contribution is -0.777. The molecule has 4 aliphatic carbocycles. The van der Waals surface area contributed by atoms with Crippen molar-refractivity contribution in [2.75, 3.05) is 6.61 Å². The Labute approximate surface area is 160 Å². The van der Waals surface area contributed by atoms with Gasteiger partial charge in [-0.3, -0.25) is 15.2 Å². The number of nitrogens with zero attached hydrogens (tertiary/aromatic N) is 1. The number of benzene rings is 1. The van der Waals surface area contributed by atoms with Gasteiger partial charge in [-0.05, 0) is 68.4 Å². The molecule has 0 spiro atoms. The number of esters is 1. The first-order valence-corrected chi connectivity index (χ1v) is 9.81. The monoisotopic (exact) mass is 394 g/mol. The lowest BCUT2D eigenvalue weighted by Crippen LogP contribution is -2.48. The standard InChI is InChI=1S/C18H21NO7S/c20-17(14-1-2-16(27-26-25-23)15(6-14)19(21)22)24-10-18-7-11-3-12(8-18)5-13(4-11)9-18/h1-2,6,11-13,23H,3-5,7-10H2/p-1. The predicted octanol–water partition coefficient (Wildman–Crippen LogP) is 3.20. The second kappa shape index (κ2) is 7.38. The SMILES string of the molecule is O=C(OCC12CC3CC(CC(C3)C1)C2)c1ccc(SOO[O-])c([N+](=O)[O-])c1. The van der Waals surface area contributed by atoms with E-state index < -0.39 is 10.9 Å². The number of carbonyl (C=O) groups excluding carboxylic acids is 1. The molecule has 146 valence electrons. The van der Waals surface area contributed by atoms with E-state index in [1.165, 1.54) is 31.4 Å². The zero-order valence-electron chi connectivity index (χ0n) is 14.6. The number of carbonyl (C=O) groups is 1. The highest BCUT2D eigenvalue weighted by molar-refractivity contribution is 7.94. The maximum atomic E-state index is 12.5. The van der Waals surface area contributed by atoms with Crippen molar-refractivity contribution in [2.24, 2.45) is 23.2 Å². The Kier molecular flexibility index (Phi) is 5.11. The normalized spacial score (nSPS) is 31.1. The molecule has 0 radical (unpaired) electrons. The second-order valence-electron chi connectivity index (χ2n) is 8.15. The Morgan fingerprint density at radius 2 is 1.81 bits per heavy atom. The highest BCUT2D eigenvalue weighted by Crippen LogP contribution is 2.60. The van der Waals surface area contributed by atoms with E-state index in [1.54, 1.807) is 0 Å². The van der Waals surface area contributed by atoms with Crippen molar-refractivity contribution in [3.63, 3.8) is 0 Å². The van der Waals surface area contributed by atoms with E-state index in [9.17, 15) is 20.2 Å². The minimum Gasteiger partial charge on any atom is -0.691 e. The zero-order valence-corrected chi connectivity index (χ0v) is 15.4. The summed E-state index contributed by atoms with van der Waals surface area (Å²) in [5.41, 5.74) is -0.147. The van der Waals surface area contributed by atoms with Crippen LogP contribution in [0.5, 0.6) is 0 Å². The van der Waals surface area contributed by atoms with E-state index in [1.807, 2.05) is 0 Å². The molecule has 5 rings (SSSR count). The van der Waals surface area contributed by atoms with Crippen molar-refractivity contribution in [2.45, 2.75) is 43.4 Å². The summed E-state index contributed by atoms with van der Waals surface area (Å²) in [4.78, 5) is 23.1. The van der Waals surface area contributed by atoms with Crippen molar-refractivity contribution in [3.05, 3.63) is 33.9 Å². The summed E-state index contributed by atoms with van der Waals surface area (Å²) in [5.74, 6) is 1.72. The first-order chi connectivity index (χ1) is 13.0. The van der Waals surface area contributed by atoms with Gasteiger partial charge < -0.3 is 9.99 Å². The molecule has 0 aliphatic heterocycles. The smallest absolute Gasteiger partial charge is 0.338 e. The molecule has 0 aromatic heterocycles. The molecule has 0 amide bonds. The molecular formula is C18H20NO7S-. The summed E-state index contributed by atoms with van der Waals surface area (Å²) in [6.45, 7) is 0.382. The van der Waals surface area contributed by atoms with Crippen molar-refractivity contribution in [3.8, 4) is 0 Å². The number of ether oxygens (including phenoxy) is 1. The maximum Gasteiger partial charge on any atom is 0.338 e. The Bertz CT molecular complexity index is 718. The van der Waals surface area contributed by atoms with Gasteiger partial charge in [-0.1, -0.05) is 0 Å². The quantitative estimate of drug-likeness (QED) is 0.228. The molecule has 0 saturated heterocycles. The number of nitro benzene ring substituents is 1. The molecule has 9 heteroatoms. The minimum absolute atomic E-state index is 0.0634. The van der Waals surface area contributed by atoms with Crippen LogP contribution in [0.4, 0.5) is 5.69 Å². The Morgan fingerprint density at radius 1 is 1.19 bits per heavy atom. The van der Waals surface area contributed by atoms with Crippen molar-refractivity contribution >= 4 is 23.7 Å². The molecule has 0 heterocycles. The average molecular weight is 394 g/mol. The van der Waals surface area contributed by atoms with Gasteiger partial charge >= 0.3 is 5.97 Å². The molecule has 27 heavy (non-hydrogen) atoms. The third-order valence-electron chi connectivity index (χ3n) is 6.22. The van der Waals surface area contributed by atoms with E-state index in [4.69, 9.17) is 4.74 Å². The van der Waals surface area contributed by atoms with E-state index >= 15 is 0 Å². The molecule has 1 aromatic carbocycles. The summed E-state index contributed by atoms with van der Waals surface area (Å²) in [6.07, 6.45) is 7.30. The lowest BCUT2D eigenvalue weighted by atomic mass is 9.50. The summed E-state index contributed by atoms with van der Waals surface area (Å²) >= 11 is 0.419. The molecule has 4 fully saturated rings. The van der Waals surface area contributed by atoms with Crippen LogP contribution in [0, 0.1) is 33.3 Å². The Balaban J connectivity index is 1.44. The van der Waals surface area contributed by atoms with Gasteiger partial charge in [0.1, 0.15) is 4.90 Å². The van der Waals surface area contributed by atoms with E-state index in [-0.39, 0.29) is 21.6 Å². The van der Waals surface area contributed by atoms with Crippen LogP contribution in [0.15, 0.2) is 23.1 Å². The summed E-state index contributed by atoms with van der Waals surface area (Å²) in [5, 5.41) is 24.3. The van der Waals surface area contributed by atoms with Gasteiger partial charge in [0, 0.05) is 11.5 Å². The van der Waals surface area contributed by atoms with Crippen LogP contribution < -0.4 is 5.26 Å². The molecule has 0 unspecified atom stereocenters. The third-order valence-corrected chi connectivity index (χ3v) is 6.87. The Morgan fingerprint density at radius 3 is 2.37 bits per heavy atom. The fourth-order valence-electron chi connectivity index (χ4n) is 5.68. The van der Waals surface area contributed by atoms with Crippen molar-refractivity contribution in [1.82, 2.24) is 0 Å². The molecule has 1 aromatic rings. The topological polar surface area (TPSA) is 111 Å². The van der Waals surface area contributed by atoms with E-state index in [0.29, 0.717) is 18.6 Å². The number of hydrogen-bond donors (Lipinski definition) is 0. The average Bonchev–Trinajstić information content (AvgIpc) is 2.63. The van der Waals surface area contributed by atoms with E-state index in [2.05, 4.69) is 9.37 Å². The van der Waals surface area contributed by atoms with Crippen LogP contribution in [-0.4, -0.2) is 17.5 Å². The van der Waals surface area contributed by atoms with Gasteiger partial charge in [-0.2, -0.15) is 4.33 Å². The molecule has 4 aliphatic rings. The van der Waals surface area contributed by atoms with Crippen LogP contribution in [0.25, 0.3) is 0 Å². The first kappa shape index (κ1) is 18.7. The molecule has 0 N–H and O–H groups in total. The fraction of sp³-hybridized carbons (Fsp3) is 0.611. The fourth-order valence-corrected chi connectivity index (χ4v) is 6.12. The molecule has 4 saturated carbocycles. The number of hydrogen-bond acceptors (Lipinski definition) is 8. The molecule has 8 nitrogen and oxygen atoms in total. The lowest BCUT2D eigenvalue weighted by Gasteiger charge is -2.56. The maximum absolute atomic E-state index is 12.5. The van der Waals surface area contributed by atoms with E-state index in [0.717, 1.165) is 43.1 Å². The van der Waals surface area contributed by atoms with Gasteiger partial charge in [0.25, 0.3) is 5.69 Å². The highest BCUT2D eigenvalue weighted by Gasteiger charge is 2.51. The van der Waals surface area contributed by atoms with Crippen LogP contribution in [0.2, 0.25) is 0 Å². The van der Waals surface area contributed by atoms with Gasteiger partial charge in [-0.25, -0.2) is 4.79 Å². The Hall–Kier alpha value is -1.68. The van der Waals surface area contributed by atoms with Gasteiger partial charge in [0.2, 0.25) is 0 Å². The number of rotatable bonds is 7. The summed E-state index contributed by atoms with van der Waals surface area (Å²) < 4.78 is 9.73. The van der Waals surface area contributed by atoms with Crippen molar-refractivity contribution in [1.29, 1.82) is 0 Å². The minimum atomic E-state index is -0.646. The molecule has 4 bridgehead atoms. The van der Waals surface area contributed by atoms with Gasteiger partial charge in [0.15, 0.2) is 0 Å².